The Hall–Kier alpha value is -1.71. The van der Waals surface area contributed by atoms with Gasteiger partial charge in [0, 0.05) is 22.5 Å². The van der Waals surface area contributed by atoms with E-state index in [1.807, 2.05) is 24.3 Å². The lowest BCUT2D eigenvalue weighted by molar-refractivity contribution is -0.123. The number of benzene rings is 2. The zero-order valence-electron chi connectivity index (χ0n) is 13.6. The molecule has 1 aliphatic carbocycles. The highest BCUT2D eigenvalue weighted by Crippen LogP contribution is 2.52. The standard InChI is InChI=1S/C20H19Cl2NO2/c21-12-3-6-14(18(22)9-12)15-7-8-16-17(10-23-20(16)25)19(15)11-1-4-13(24)5-2-11/h1-6,9,15-17,19,24H,7-8,10H2,(H,23,25)/t15-,16+,17+,19-/m0/s1. The van der Waals surface area contributed by atoms with Crippen LogP contribution in [0.4, 0.5) is 0 Å². The maximum absolute atomic E-state index is 12.2. The van der Waals surface area contributed by atoms with Crippen LogP contribution in [0.5, 0.6) is 5.75 Å². The Morgan fingerprint density at radius 3 is 2.44 bits per heavy atom. The molecule has 0 spiro atoms. The number of carbonyl (C=O) groups excluding carboxylic acids is 1. The number of nitrogens with one attached hydrogen (secondary N) is 1. The fourth-order valence-electron chi connectivity index (χ4n) is 4.57. The van der Waals surface area contributed by atoms with Crippen LogP contribution < -0.4 is 5.32 Å². The number of fused-ring (bicyclic) bond motifs is 1. The van der Waals surface area contributed by atoms with Gasteiger partial charge < -0.3 is 10.4 Å². The molecule has 130 valence electrons. The van der Waals surface area contributed by atoms with Crippen LogP contribution in [-0.4, -0.2) is 17.6 Å². The Kier molecular flexibility index (Phi) is 4.38. The molecule has 0 aromatic heterocycles. The number of amides is 1. The first-order valence-corrected chi connectivity index (χ1v) is 9.32. The Labute approximate surface area is 157 Å². The third-order valence-electron chi connectivity index (χ3n) is 5.69. The summed E-state index contributed by atoms with van der Waals surface area (Å²) in [5.74, 6) is 1.11. The average Bonchev–Trinajstić information content (AvgIpc) is 2.97. The first-order chi connectivity index (χ1) is 12.0. The number of rotatable bonds is 2. The summed E-state index contributed by atoms with van der Waals surface area (Å²) in [7, 11) is 0. The highest BCUT2D eigenvalue weighted by Gasteiger charge is 2.47. The smallest absolute Gasteiger partial charge is 0.223 e. The van der Waals surface area contributed by atoms with Gasteiger partial charge >= 0.3 is 0 Å². The summed E-state index contributed by atoms with van der Waals surface area (Å²) in [6, 6.07) is 13.0. The van der Waals surface area contributed by atoms with Gasteiger partial charge in [-0.2, -0.15) is 0 Å². The number of halogens is 2. The molecule has 4 rings (SSSR count). The van der Waals surface area contributed by atoms with E-state index in [4.69, 9.17) is 23.2 Å². The summed E-state index contributed by atoms with van der Waals surface area (Å²) in [5.41, 5.74) is 2.22. The van der Waals surface area contributed by atoms with E-state index in [1.165, 1.54) is 0 Å². The first kappa shape index (κ1) is 16.7. The molecular weight excluding hydrogens is 357 g/mol. The second-order valence-corrected chi connectivity index (χ2v) is 7.83. The lowest BCUT2D eigenvalue weighted by atomic mass is 9.63. The second-order valence-electron chi connectivity index (χ2n) is 6.98. The maximum atomic E-state index is 12.2. The molecular formula is C20H19Cl2NO2. The van der Waals surface area contributed by atoms with E-state index in [0.29, 0.717) is 16.6 Å². The molecule has 4 atom stereocenters. The summed E-state index contributed by atoms with van der Waals surface area (Å²) >= 11 is 12.6. The molecule has 1 amide bonds. The molecule has 1 aliphatic heterocycles. The summed E-state index contributed by atoms with van der Waals surface area (Å²) in [6.07, 6.45) is 1.77. The molecule has 5 heteroatoms. The molecule has 2 aromatic rings. The van der Waals surface area contributed by atoms with Gasteiger partial charge in [0.1, 0.15) is 5.75 Å². The zero-order valence-corrected chi connectivity index (χ0v) is 15.1. The summed E-state index contributed by atoms with van der Waals surface area (Å²) < 4.78 is 0. The third kappa shape index (κ3) is 3.00. The lowest BCUT2D eigenvalue weighted by Crippen LogP contribution is -2.32. The van der Waals surface area contributed by atoms with Crippen LogP contribution in [0.25, 0.3) is 0 Å². The van der Waals surface area contributed by atoms with Crippen LogP contribution in [0.3, 0.4) is 0 Å². The average molecular weight is 376 g/mol. The molecule has 1 saturated carbocycles. The van der Waals surface area contributed by atoms with Gasteiger partial charge in [-0.05, 0) is 66.0 Å². The van der Waals surface area contributed by atoms with E-state index in [9.17, 15) is 9.90 Å². The Morgan fingerprint density at radius 2 is 1.72 bits per heavy atom. The normalized spacial score (nSPS) is 28.5. The van der Waals surface area contributed by atoms with E-state index in [2.05, 4.69) is 5.32 Å². The minimum Gasteiger partial charge on any atom is -0.508 e. The van der Waals surface area contributed by atoms with Crippen LogP contribution in [0.2, 0.25) is 10.0 Å². The third-order valence-corrected chi connectivity index (χ3v) is 6.25. The minimum atomic E-state index is 0.0566. The molecule has 1 saturated heterocycles. The zero-order chi connectivity index (χ0) is 17.6. The van der Waals surface area contributed by atoms with Crippen molar-refractivity contribution in [1.29, 1.82) is 0 Å². The molecule has 2 fully saturated rings. The van der Waals surface area contributed by atoms with E-state index < -0.39 is 0 Å². The summed E-state index contributed by atoms with van der Waals surface area (Å²) in [6.45, 7) is 0.691. The molecule has 0 unspecified atom stereocenters. The molecule has 2 aliphatic rings. The monoisotopic (exact) mass is 375 g/mol. The van der Waals surface area contributed by atoms with Crippen molar-refractivity contribution in [2.24, 2.45) is 11.8 Å². The van der Waals surface area contributed by atoms with Crippen molar-refractivity contribution in [2.45, 2.75) is 24.7 Å². The number of hydrogen-bond donors (Lipinski definition) is 2. The van der Waals surface area contributed by atoms with E-state index in [-0.39, 0.29) is 35.3 Å². The van der Waals surface area contributed by atoms with Crippen LogP contribution >= 0.6 is 23.2 Å². The molecule has 1 heterocycles. The minimum absolute atomic E-state index is 0.0566. The lowest BCUT2D eigenvalue weighted by Gasteiger charge is -2.39. The first-order valence-electron chi connectivity index (χ1n) is 8.56. The van der Waals surface area contributed by atoms with Crippen molar-refractivity contribution >= 4 is 29.1 Å². The molecule has 0 bridgehead atoms. The Morgan fingerprint density at radius 1 is 1.00 bits per heavy atom. The van der Waals surface area contributed by atoms with Crippen LogP contribution in [0.1, 0.15) is 35.8 Å². The summed E-state index contributed by atoms with van der Waals surface area (Å²) in [4.78, 5) is 12.2. The van der Waals surface area contributed by atoms with Gasteiger partial charge in [0.05, 0.1) is 0 Å². The number of phenolic OH excluding ortho intramolecular Hbond substituents is 1. The predicted octanol–water partition coefficient (Wildman–Crippen LogP) is 4.72. The van der Waals surface area contributed by atoms with Crippen molar-refractivity contribution in [3.63, 3.8) is 0 Å². The number of carbonyl (C=O) groups is 1. The number of hydrogen-bond acceptors (Lipinski definition) is 2. The van der Waals surface area contributed by atoms with Crippen molar-refractivity contribution in [1.82, 2.24) is 5.32 Å². The van der Waals surface area contributed by atoms with Crippen molar-refractivity contribution in [3.05, 3.63) is 63.6 Å². The van der Waals surface area contributed by atoms with Crippen LogP contribution in [0, 0.1) is 11.8 Å². The van der Waals surface area contributed by atoms with Gasteiger partial charge in [0.15, 0.2) is 0 Å². The van der Waals surface area contributed by atoms with Crippen molar-refractivity contribution in [2.75, 3.05) is 6.54 Å². The highest BCUT2D eigenvalue weighted by molar-refractivity contribution is 6.35. The summed E-state index contributed by atoms with van der Waals surface area (Å²) in [5, 5.41) is 14.0. The van der Waals surface area contributed by atoms with Gasteiger partial charge in [-0.25, -0.2) is 0 Å². The second kappa shape index (κ2) is 6.54. The molecule has 2 N–H and O–H groups in total. The topological polar surface area (TPSA) is 49.3 Å². The largest absolute Gasteiger partial charge is 0.508 e. The molecule has 25 heavy (non-hydrogen) atoms. The number of phenols is 1. The van der Waals surface area contributed by atoms with E-state index >= 15 is 0 Å². The Balaban J connectivity index is 1.78. The van der Waals surface area contributed by atoms with E-state index in [1.54, 1.807) is 18.2 Å². The number of aromatic hydroxyl groups is 1. The maximum Gasteiger partial charge on any atom is 0.223 e. The fourth-order valence-corrected chi connectivity index (χ4v) is 5.12. The molecule has 2 aromatic carbocycles. The quantitative estimate of drug-likeness (QED) is 0.797. The Bertz CT molecular complexity index is 806. The van der Waals surface area contributed by atoms with Crippen LogP contribution in [-0.2, 0) is 4.79 Å². The fraction of sp³-hybridized carbons (Fsp3) is 0.350. The van der Waals surface area contributed by atoms with Gasteiger partial charge in [0.2, 0.25) is 5.91 Å². The van der Waals surface area contributed by atoms with Gasteiger partial charge in [-0.3, -0.25) is 4.79 Å². The highest BCUT2D eigenvalue weighted by atomic mass is 35.5. The predicted molar refractivity (Wildman–Crippen MR) is 99.3 cm³/mol. The molecule has 3 nitrogen and oxygen atoms in total. The van der Waals surface area contributed by atoms with Crippen molar-refractivity contribution in [3.8, 4) is 5.75 Å². The molecule has 0 radical (unpaired) electrons. The van der Waals surface area contributed by atoms with Gasteiger partial charge in [-0.1, -0.05) is 41.4 Å². The van der Waals surface area contributed by atoms with Gasteiger partial charge in [-0.15, -0.1) is 0 Å². The van der Waals surface area contributed by atoms with Crippen molar-refractivity contribution < 1.29 is 9.90 Å². The van der Waals surface area contributed by atoms with Gasteiger partial charge in [0.25, 0.3) is 0 Å². The van der Waals surface area contributed by atoms with Crippen LogP contribution in [0.15, 0.2) is 42.5 Å². The SMILES string of the molecule is O=C1NC[C@H]2[C@@H](c3ccc(O)cc3)[C@H](c3ccc(Cl)cc3Cl)CC[C@@H]12. The van der Waals surface area contributed by atoms with E-state index in [0.717, 1.165) is 24.0 Å².